The summed E-state index contributed by atoms with van der Waals surface area (Å²) in [6, 6.07) is 0.305. The smallest absolute Gasteiger partial charge is 0.148 e. The minimum atomic E-state index is 0.305. The van der Waals surface area contributed by atoms with Gasteiger partial charge in [0, 0.05) is 25.8 Å². The SMILES string of the molecule is CCCCOCCCNc1c(N)c(C)nn1C(C)C. The first-order valence-electron chi connectivity index (χ1n) is 7.24. The molecule has 1 aromatic rings. The first-order chi connectivity index (χ1) is 9.07. The van der Waals surface area contributed by atoms with Crippen LogP contribution in [0.3, 0.4) is 0 Å². The number of nitrogens with two attached hydrogens (primary N) is 1. The van der Waals surface area contributed by atoms with Crippen LogP contribution in [0.15, 0.2) is 0 Å². The fraction of sp³-hybridized carbons (Fsp3) is 0.786. The maximum Gasteiger partial charge on any atom is 0.148 e. The summed E-state index contributed by atoms with van der Waals surface area (Å²) in [5.41, 5.74) is 7.68. The summed E-state index contributed by atoms with van der Waals surface area (Å²) in [6.07, 6.45) is 3.30. The first-order valence-corrected chi connectivity index (χ1v) is 7.24. The molecule has 0 aliphatic rings. The molecular formula is C14H28N4O. The average molecular weight is 268 g/mol. The largest absolute Gasteiger partial charge is 0.394 e. The number of rotatable bonds is 9. The summed E-state index contributed by atoms with van der Waals surface area (Å²) < 4.78 is 7.48. The Morgan fingerprint density at radius 3 is 2.63 bits per heavy atom. The van der Waals surface area contributed by atoms with E-state index >= 15 is 0 Å². The van der Waals surface area contributed by atoms with Gasteiger partial charge in [-0.25, -0.2) is 4.68 Å². The molecule has 0 aliphatic heterocycles. The number of aromatic nitrogens is 2. The molecule has 19 heavy (non-hydrogen) atoms. The molecule has 1 heterocycles. The number of aryl methyl sites for hydroxylation is 1. The zero-order chi connectivity index (χ0) is 14.3. The van der Waals surface area contributed by atoms with Crippen molar-refractivity contribution >= 4 is 11.5 Å². The zero-order valence-corrected chi connectivity index (χ0v) is 12.7. The lowest BCUT2D eigenvalue weighted by Gasteiger charge is -2.13. The van der Waals surface area contributed by atoms with Gasteiger partial charge < -0.3 is 15.8 Å². The molecule has 0 fully saturated rings. The summed E-state index contributed by atoms with van der Waals surface area (Å²) in [6.45, 7) is 10.8. The second-order valence-electron chi connectivity index (χ2n) is 5.13. The molecule has 0 bridgehead atoms. The topological polar surface area (TPSA) is 65.1 Å². The lowest BCUT2D eigenvalue weighted by molar-refractivity contribution is 0.131. The van der Waals surface area contributed by atoms with Crippen molar-refractivity contribution in [1.82, 2.24) is 9.78 Å². The second-order valence-corrected chi connectivity index (χ2v) is 5.13. The number of ether oxygens (including phenoxy) is 1. The minimum Gasteiger partial charge on any atom is -0.394 e. The number of hydrogen-bond acceptors (Lipinski definition) is 4. The van der Waals surface area contributed by atoms with Gasteiger partial charge in [0.05, 0.1) is 11.4 Å². The van der Waals surface area contributed by atoms with E-state index in [1.54, 1.807) is 0 Å². The third-order valence-electron chi connectivity index (χ3n) is 3.02. The minimum absolute atomic E-state index is 0.305. The van der Waals surface area contributed by atoms with Gasteiger partial charge in [-0.1, -0.05) is 13.3 Å². The van der Waals surface area contributed by atoms with E-state index in [0.29, 0.717) is 6.04 Å². The van der Waals surface area contributed by atoms with Gasteiger partial charge in [0.1, 0.15) is 5.82 Å². The molecule has 3 N–H and O–H groups in total. The van der Waals surface area contributed by atoms with Gasteiger partial charge in [0.2, 0.25) is 0 Å². The van der Waals surface area contributed by atoms with Crippen LogP contribution < -0.4 is 11.1 Å². The van der Waals surface area contributed by atoms with E-state index in [2.05, 4.69) is 31.2 Å². The van der Waals surface area contributed by atoms with Crippen molar-refractivity contribution in [3.8, 4) is 0 Å². The highest BCUT2D eigenvalue weighted by molar-refractivity contribution is 5.64. The Morgan fingerprint density at radius 2 is 2.00 bits per heavy atom. The Labute approximate surface area is 116 Å². The molecule has 110 valence electrons. The highest BCUT2D eigenvalue weighted by Crippen LogP contribution is 2.25. The monoisotopic (exact) mass is 268 g/mol. The Balaban J connectivity index is 2.36. The number of unbranched alkanes of at least 4 members (excludes halogenated alkanes) is 1. The van der Waals surface area contributed by atoms with E-state index in [-0.39, 0.29) is 0 Å². The average Bonchev–Trinajstić information content (AvgIpc) is 2.66. The normalized spacial score (nSPS) is 11.2. The zero-order valence-electron chi connectivity index (χ0n) is 12.7. The van der Waals surface area contributed by atoms with Gasteiger partial charge in [0.15, 0.2) is 0 Å². The third-order valence-corrected chi connectivity index (χ3v) is 3.02. The van der Waals surface area contributed by atoms with Crippen LogP contribution in [0.25, 0.3) is 0 Å². The number of nitrogen functional groups attached to an aromatic ring is 1. The Hall–Kier alpha value is -1.23. The maximum absolute atomic E-state index is 6.04. The lowest BCUT2D eigenvalue weighted by atomic mass is 10.3. The van der Waals surface area contributed by atoms with Gasteiger partial charge in [-0.2, -0.15) is 5.10 Å². The molecule has 0 saturated carbocycles. The van der Waals surface area contributed by atoms with Crippen LogP contribution >= 0.6 is 0 Å². The molecule has 0 amide bonds. The molecule has 0 radical (unpaired) electrons. The van der Waals surface area contributed by atoms with Crippen LogP contribution in [0.5, 0.6) is 0 Å². The summed E-state index contributed by atoms with van der Waals surface area (Å²) >= 11 is 0. The summed E-state index contributed by atoms with van der Waals surface area (Å²) in [7, 11) is 0. The molecule has 5 heteroatoms. The highest BCUT2D eigenvalue weighted by atomic mass is 16.5. The molecule has 1 aromatic heterocycles. The van der Waals surface area contributed by atoms with Crippen molar-refractivity contribution in [2.45, 2.75) is 53.0 Å². The van der Waals surface area contributed by atoms with Crippen LogP contribution in [-0.2, 0) is 4.74 Å². The Bertz CT molecular complexity index is 374. The van der Waals surface area contributed by atoms with Crippen molar-refractivity contribution in [2.75, 3.05) is 30.8 Å². The summed E-state index contributed by atoms with van der Waals surface area (Å²) in [5.74, 6) is 0.932. The fourth-order valence-electron chi connectivity index (χ4n) is 1.84. The van der Waals surface area contributed by atoms with E-state index in [0.717, 1.165) is 49.8 Å². The van der Waals surface area contributed by atoms with Gasteiger partial charge >= 0.3 is 0 Å². The fourth-order valence-corrected chi connectivity index (χ4v) is 1.84. The van der Waals surface area contributed by atoms with E-state index in [9.17, 15) is 0 Å². The van der Waals surface area contributed by atoms with Gasteiger partial charge in [0.25, 0.3) is 0 Å². The van der Waals surface area contributed by atoms with E-state index < -0.39 is 0 Å². The predicted octanol–water partition coefficient (Wildman–Crippen LogP) is 2.97. The second kappa shape index (κ2) is 8.04. The Morgan fingerprint density at radius 1 is 1.32 bits per heavy atom. The van der Waals surface area contributed by atoms with Crippen molar-refractivity contribution in [3.63, 3.8) is 0 Å². The Kier molecular flexibility index (Phi) is 6.70. The molecular weight excluding hydrogens is 240 g/mol. The van der Waals surface area contributed by atoms with Crippen LogP contribution in [0, 0.1) is 6.92 Å². The standard InChI is InChI=1S/C14H28N4O/c1-5-6-9-19-10-7-8-16-14-13(15)12(4)17-18(14)11(2)3/h11,16H,5-10,15H2,1-4H3. The maximum atomic E-state index is 6.04. The van der Waals surface area contributed by atoms with Gasteiger partial charge in [-0.3, -0.25) is 0 Å². The molecule has 0 unspecified atom stereocenters. The van der Waals surface area contributed by atoms with E-state index in [1.165, 1.54) is 6.42 Å². The van der Waals surface area contributed by atoms with E-state index in [4.69, 9.17) is 10.5 Å². The molecule has 0 spiro atoms. The van der Waals surface area contributed by atoms with Crippen LogP contribution in [0.2, 0.25) is 0 Å². The van der Waals surface area contributed by atoms with Crippen LogP contribution in [0.1, 0.15) is 51.8 Å². The van der Waals surface area contributed by atoms with Crippen molar-refractivity contribution < 1.29 is 4.74 Å². The number of anilines is 2. The first kappa shape index (κ1) is 15.8. The van der Waals surface area contributed by atoms with Gasteiger partial charge in [-0.05, 0) is 33.6 Å². The number of hydrogen-bond donors (Lipinski definition) is 2. The summed E-state index contributed by atoms with van der Waals surface area (Å²) in [5, 5.41) is 7.82. The van der Waals surface area contributed by atoms with Crippen molar-refractivity contribution in [2.24, 2.45) is 0 Å². The molecule has 0 atom stereocenters. The molecule has 0 aromatic carbocycles. The van der Waals surface area contributed by atoms with Gasteiger partial charge in [-0.15, -0.1) is 0 Å². The van der Waals surface area contributed by atoms with Crippen molar-refractivity contribution in [1.29, 1.82) is 0 Å². The molecule has 1 rings (SSSR count). The van der Waals surface area contributed by atoms with E-state index in [1.807, 2.05) is 11.6 Å². The van der Waals surface area contributed by atoms with Crippen LogP contribution in [-0.4, -0.2) is 29.5 Å². The molecule has 0 aliphatic carbocycles. The molecule has 0 saturated heterocycles. The number of nitrogens with zero attached hydrogens (tertiary/aromatic N) is 2. The summed E-state index contributed by atoms with van der Waals surface area (Å²) in [4.78, 5) is 0. The lowest BCUT2D eigenvalue weighted by Crippen LogP contribution is -2.13. The predicted molar refractivity (Wildman–Crippen MR) is 80.6 cm³/mol. The third kappa shape index (κ3) is 4.74. The van der Waals surface area contributed by atoms with Crippen LogP contribution in [0.4, 0.5) is 11.5 Å². The highest BCUT2D eigenvalue weighted by Gasteiger charge is 2.13. The number of nitrogens with one attached hydrogen (secondary N) is 1. The van der Waals surface area contributed by atoms with Crippen molar-refractivity contribution in [3.05, 3.63) is 5.69 Å². The molecule has 5 nitrogen and oxygen atoms in total. The quantitative estimate of drug-likeness (QED) is 0.676.